The summed E-state index contributed by atoms with van der Waals surface area (Å²) >= 11 is 5.12. The molecule has 1 amide bonds. The van der Waals surface area contributed by atoms with Crippen LogP contribution in [0.25, 0.3) is 0 Å². The molecule has 21 heavy (non-hydrogen) atoms. The summed E-state index contributed by atoms with van der Waals surface area (Å²) in [6.45, 7) is 5.60. The van der Waals surface area contributed by atoms with E-state index in [4.69, 9.17) is 0 Å². The SMILES string of the molecule is Cc1nn(CCCN2C(=O)CSC2=NC2CC2)c(C)c1Br. The Balaban J connectivity index is 1.58. The normalized spacial score (nSPS) is 20.8. The standard InChI is InChI=1S/C14H19BrN4OS/c1-9-13(15)10(2)19(17-9)7-3-6-18-12(20)8-21-14(18)16-11-4-5-11/h11H,3-8H2,1-2H3. The predicted octanol–water partition coefficient (Wildman–Crippen LogP) is 2.75. The maximum atomic E-state index is 11.9. The number of carbonyl (C=O) groups excluding carboxylic acids is 1. The van der Waals surface area contributed by atoms with E-state index in [1.165, 1.54) is 12.8 Å². The fraction of sp³-hybridized carbons (Fsp3) is 0.643. The molecule has 2 aliphatic rings. The topological polar surface area (TPSA) is 50.5 Å². The van der Waals surface area contributed by atoms with Gasteiger partial charge in [-0.2, -0.15) is 5.10 Å². The second-order valence-corrected chi connectivity index (χ2v) is 7.27. The Hall–Kier alpha value is -0.820. The number of rotatable bonds is 5. The van der Waals surface area contributed by atoms with E-state index in [1.807, 2.05) is 16.5 Å². The van der Waals surface area contributed by atoms with Crippen LogP contribution < -0.4 is 0 Å². The molecule has 1 aromatic rings. The van der Waals surface area contributed by atoms with E-state index in [1.54, 1.807) is 11.8 Å². The highest BCUT2D eigenvalue weighted by atomic mass is 79.9. The van der Waals surface area contributed by atoms with Crippen molar-refractivity contribution < 1.29 is 4.79 Å². The zero-order chi connectivity index (χ0) is 15.0. The Labute approximate surface area is 137 Å². The number of aryl methyl sites for hydroxylation is 2. The number of halogens is 1. The Morgan fingerprint density at radius 3 is 2.76 bits per heavy atom. The van der Waals surface area contributed by atoms with Gasteiger partial charge in [0.1, 0.15) is 0 Å². The summed E-state index contributed by atoms with van der Waals surface area (Å²) in [5, 5.41) is 5.43. The predicted molar refractivity (Wildman–Crippen MR) is 88.6 cm³/mol. The first-order valence-corrected chi connectivity index (χ1v) is 9.04. The first-order chi connectivity index (χ1) is 10.1. The largest absolute Gasteiger partial charge is 0.291 e. The Kier molecular flexibility index (Phi) is 4.40. The average Bonchev–Trinajstić information content (AvgIpc) is 3.17. The van der Waals surface area contributed by atoms with Gasteiger partial charge in [-0.1, -0.05) is 11.8 Å². The smallest absolute Gasteiger partial charge is 0.239 e. The summed E-state index contributed by atoms with van der Waals surface area (Å²) in [7, 11) is 0. The third-order valence-electron chi connectivity index (χ3n) is 3.74. The summed E-state index contributed by atoms with van der Waals surface area (Å²) in [5.41, 5.74) is 2.15. The van der Waals surface area contributed by atoms with E-state index in [0.29, 0.717) is 11.8 Å². The third kappa shape index (κ3) is 3.34. The van der Waals surface area contributed by atoms with Gasteiger partial charge in [0.15, 0.2) is 5.17 Å². The van der Waals surface area contributed by atoms with Gasteiger partial charge >= 0.3 is 0 Å². The molecule has 2 fully saturated rings. The second kappa shape index (κ2) is 6.12. The van der Waals surface area contributed by atoms with Crippen LogP contribution in [0.3, 0.4) is 0 Å². The number of aromatic nitrogens is 2. The van der Waals surface area contributed by atoms with Crippen LogP contribution in [0.15, 0.2) is 9.47 Å². The second-order valence-electron chi connectivity index (χ2n) is 5.54. The molecule has 1 saturated carbocycles. The molecule has 0 bridgehead atoms. The summed E-state index contributed by atoms with van der Waals surface area (Å²) in [6, 6.07) is 0.466. The van der Waals surface area contributed by atoms with Crippen LogP contribution in [0.1, 0.15) is 30.7 Å². The van der Waals surface area contributed by atoms with Crippen LogP contribution in [-0.2, 0) is 11.3 Å². The molecule has 0 atom stereocenters. The molecule has 0 spiro atoms. The molecule has 1 saturated heterocycles. The number of hydrogen-bond acceptors (Lipinski definition) is 4. The first-order valence-electron chi connectivity index (χ1n) is 7.26. The van der Waals surface area contributed by atoms with E-state index in [-0.39, 0.29) is 5.91 Å². The van der Waals surface area contributed by atoms with Gasteiger partial charge in [-0.25, -0.2) is 0 Å². The lowest BCUT2D eigenvalue weighted by Gasteiger charge is -2.16. The fourth-order valence-electron chi connectivity index (χ4n) is 2.35. The van der Waals surface area contributed by atoms with E-state index in [9.17, 15) is 4.79 Å². The number of nitrogens with zero attached hydrogens (tertiary/aromatic N) is 4. The molecule has 0 radical (unpaired) electrons. The third-order valence-corrected chi connectivity index (χ3v) is 5.86. The number of amidine groups is 1. The van der Waals surface area contributed by atoms with E-state index < -0.39 is 0 Å². The van der Waals surface area contributed by atoms with Crippen molar-refractivity contribution >= 4 is 38.8 Å². The van der Waals surface area contributed by atoms with Crippen molar-refractivity contribution in [1.82, 2.24) is 14.7 Å². The molecule has 3 rings (SSSR count). The molecular formula is C14H19BrN4OS. The van der Waals surface area contributed by atoms with Gasteiger partial charge in [-0.05, 0) is 49.0 Å². The maximum Gasteiger partial charge on any atom is 0.239 e. The Morgan fingerprint density at radius 2 is 2.14 bits per heavy atom. The molecule has 0 unspecified atom stereocenters. The quantitative estimate of drug-likeness (QED) is 0.800. The first kappa shape index (κ1) is 15.1. The van der Waals surface area contributed by atoms with Crippen LogP contribution in [0.4, 0.5) is 0 Å². The van der Waals surface area contributed by atoms with Gasteiger partial charge in [0.2, 0.25) is 5.91 Å². The van der Waals surface area contributed by atoms with Gasteiger partial charge in [0.05, 0.1) is 22.0 Å². The highest BCUT2D eigenvalue weighted by Gasteiger charge is 2.30. The van der Waals surface area contributed by atoms with Crippen molar-refractivity contribution in [3.8, 4) is 0 Å². The number of amides is 1. The van der Waals surface area contributed by atoms with Crippen LogP contribution in [0, 0.1) is 13.8 Å². The molecular weight excluding hydrogens is 352 g/mol. The summed E-state index contributed by atoms with van der Waals surface area (Å²) < 4.78 is 3.08. The molecule has 1 aromatic heterocycles. The molecule has 5 nitrogen and oxygen atoms in total. The van der Waals surface area contributed by atoms with Gasteiger partial charge < -0.3 is 0 Å². The number of carbonyl (C=O) groups is 1. The van der Waals surface area contributed by atoms with Crippen LogP contribution in [0.5, 0.6) is 0 Å². The molecule has 7 heteroatoms. The summed E-state index contributed by atoms with van der Waals surface area (Å²) in [5.74, 6) is 0.728. The maximum absolute atomic E-state index is 11.9. The zero-order valence-electron chi connectivity index (χ0n) is 12.3. The highest BCUT2D eigenvalue weighted by molar-refractivity contribution is 9.10. The number of aliphatic imine (C=N–C) groups is 1. The molecule has 0 N–H and O–H groups in total. The van der Waals surface area contributed by atoms with Crippen molar-refractivity contribution in [2.75, 3.05) is 12.3 Å². The average molecular weight is 371 g/mol. The molecule has 1 aliphatic heterocycles. The van der Waals surface area contributed by atoms with Gasteiger partial charge in [0.25, 0.3) is 0 Å². The Morgan fingerprint density at radius 1 is 1.38 bits per heavy atom. The van der Waals surface area contributed by atoms with E-state index in [2.05, 4.69) is 32.9 Å². The molecule has 114 valence electrons. The van der Waals surface area contributed by atoms with Crippen molar-refractivity contribution in [2.24, 2.45) is 4.99 Å². The van der Waals surface area contributed by atoms with Crippen LogP contribution in [0.2, 0.25) is 0 Å². The lowest BCUT2D eigenvalue weighted by atomic mass is 10.3. The zero-order valence-corrected chi connectivity index (χ0v) is 14.7. The molecule has 0 aromatic carbocycles. The fourth-order valence-corrected chi connectivity index (χ4v) is 3.61. The summed E-state index contributed by atoms with van der Waals surface area (Å²) in [4.78, 5) is 18.4. The van der Waals surface area contributed by atoms with Crippen LogP contribution in [-0.4, -0.2) is 44.1 Å². The molecule has 2 heterocycles. The van der Waals surface area contributed by atoms with Crippen molar-refractivity contribution in [2.45, 2.75) is 45.7 Å². The number of hydrogen-bond donors (Lipinski definition) is 0. The highest BCUT2D eigenvalue weighted by Crippen LogP contribution is 2.28. The van der Waals surface area contributed by atoms with Crippen LogP contribution >= 0.6 is 27.7 Å². The Bertz CT molecular complexity index is 594. The van der Waals surface area contributed by atoms with Crippen molar-refractivity contribution in [3.63, 3.8) is 0 Å². The van der Waals surface area contributed by atoms with Crippen molar-refractivity contribution in [1.29, 1.82) is 0 Å². The van der Waals surface area contributed by atoms with Gasteiger partial charge in [0, 0.05) is 18.8 Å². The lowest BCUT2D eigenvalue weighted by Crippen LogP contribution is -2.31. The minimum absolute atomic E-state index is 0.189. The van der Waals surface area contributed by atoms with Gasteiger partial charge in [-0.15, -0.1) is 0 Å². The lowest BCUT2D eigenvalue weighted by molar-refractivity contribution is -0.124. The van der Waals surface area contributed by atoms with E-state index >= 15 is 0 Å². The monoisotopic (exact) mass is 370 g/mol. The molecule has 1 aliphatic carbocycles. The number of thioether (sulfide) groups is 1. The summed E-state index contributed by atoms with van der Waals surface area (Å²) in [6.07, 6.45) is 3.24. The van der Waals surface area contributed by atoms with E-state index in [0.717, 1.165) is 40.5 Å². The van der Waals surface area contributed by atoms with Gasteiger partial charge in [-0.3, -0.25) is 19.4 Å². The van der Waals surface area contributed by atoms with Crippen molar-refractivity contribution in [3.05, 3.63) is 15.9 Å². The minimum atomic E-state index is 0.189. The minimum Gasteiger partial charge on any atom is -0.291 e.